The number of likely N-dealkylation sites (N-methyl/N-ethyl adjacent to an activating group) is 1. The molecule has 9 heteroatoms. The van der Waals surface area contributed by atoms with Crippen LogP contribution in [0, 0.1) is 0 Å². The number of phosphoric ester groups is 1. The normalized spacial score (nSPS) is 14.0. The van der Waals surface area contributed by atoms with Gasteiger partial charge in [0.2, 0.25) is 0 Å². The Bertz CT molecular complexity index is 1220. The third-order valence-electron chi connectivity index (χ3n) is 11.6. The molecule has 8 nitrogen and oxygen atoms in total. The van der Waals surface area contributed by atoms with Crippen molar-refractivity contribution >= 4 is 13.8 Å². The van der Waals surface area contributed by atoms with Crippen LogP contribution in [0.5, 0.6) is 0 Å². The van der Waals surface area contributed by atoms with E-state index in [-0.39, 0.29) is 25.8 Å². The van der Waals surface area contributed by atoms with Gasteiger partial charge in [0.15, 0.2) is 0 Å². The van der Waals surface area contributed by atoms with Gasteiger partial charge in [-0.15, -0.1) is 0 Å². The maximum absolute atomic E-state index is 12.8. The molecule has 2 atom stereocenters. The van der Waals surface area contributed by atoms with Gasteiger partial charge in [0.05, 0.1) is 34.4 Å². The quantitative estimate of drug-likeness (QED) is 0.0214. The first-order valence-electron chi connectivity index (χ1n) is 27.0. The Morgan fingerprint density at radius 2 is 0.892 bits per heavy atom. The summed E-state index contributed by atoms with van der Waals surface area (Å²) >= 11 is 0. The van der Waals surface area contributed by atoms with E-state index in [9.17, 15) is 14.3 Å². The molecule has 0 aromatic heterocycles. The van der Waals surface area contributed by atoms with Gasteiger partial charge in [0.1, 0.15) is 19.3 Å². The van der Waals surface area contributed by atoms with Crippen LogP contribution in [0.2, 0.25) is 0 Å². The standard InChI is InChI=1S/C56H104NO7P/c1-6-8-10-12-14-16-18-20-22-24-26-28-29-30-31-33-35-37-39-41-43-45-47-49-56(58)64-55(54-63-65(59,60)62-52-50-57(3,4)5)53-61-51-48-46-44-42-40-38-36-34-32-27-25-23-21-19-17-15-13-11-9-7-2/h8,10,14,16,20-23,26,28,55H,6-7,9,11-13,15,17-19,24-25,27,29-54H2,1-5H3/p+1/b10-8-,16-14-,22-20-,23-21-,28-26-. The Morgan fingerprint density at radius 1 is 0.492 bits per heavy atom. The van der Waals surface area contributed by atoms with Crippen LogP contribution in [-0.4, -0.2) is 75.6 Å². The predicted molar refractivity (Wildman–Crippen MR) is 279 cm³/mol. The van der Waals surface area contributed by atoms with Crippen molar-refractivity contribution in [2.45, 2.75) is 238 Å². The van der Waals surface area contributed by atoms with E-state index in [0.29, 0.717) is 24.1 Å². The number of phosphoric acid groups is 1. The van der Waals surface area contributed by atoms with E-state index >= 15 is 0 Å². The van der Waals surface area contributed by atoms with Gasteiger partial charge in [-0.1, -0.05) is 209 Å². The lowest BCUT2D eigenvalue weighted by molar-refractivity contribution is -0.870. The first kappa shape index (κ1) is 63.2. The number of unbranched alkanes of at least 4 members (excludes halogenated alkanes) is 26. The molecule has 0 fully saturated rings. The second-order valence-corrected chi connectivity index (χ2v) is 20.7. The van der Waals surface area contributed by atoms with Crippen molar-refractivity contribution in [2.24, 2.45) is 0 Å². The fourth-order valence-electron chi connectivity index (χ4n) is 7.42. The summed E-state index contributed by atoms with van der Waals surface area (Å²) in [5.41, 5.74) is 0. The largest absolute Gasteiger partial charge is 0.472 e. The molecule has 0 spiro atoms. The zero-order valence-corrected chi connectivity index (χ0v) is 44.1. The van der Waals surface area contributed by atoms with E-state index in [1.54, 1.807) is 0 Å². The summed E-state index contributed by atoms with van der Waals surface area (Å²) in [6.07, 6.45) is 62.7. The maximum atomic E-state index is 12.8. The minimum absolute atomic E-state index is 0.0861. The Kier molecular flexibility index (Phi) is 47.3. The second kappa shape index (κ2) is 48.6. The molecule has 0 radical (unpaired) electrons. The molecule has 65 heavy (non-hydrogen) atoms. The van der Waals surface area contributed by atoms with Crippen molar-refractivity contribution in [2.75, 3.05) is 54.1 Å². The van der Waals surface area contributed by atoms with Gasteiger partial charge >= 0.3 is 13.8 Å². The molecule has 0 amide bonds. The highest BCUT2D eigenvalue weighted by Gasteiger charge is 2.26. The van der Waals surface area contributed by atoms with Gasteiger partial charge in [-0.3, -0.25) is 13.8 Å². The molecule has 380 valence electrons. The van der Waals surface area contributed by atoms with Crippen LogP contribution in [0.4, 0.5) is 0 Å². The summed E-state index contributed by atoms with van der Waals surface area (Å²) in [7, 11) is 1.66. The summed E-state index contributed by atoms with van der Waals surface area (Å²) in [6, 6.07) is 0. The third-order valence-corrected chi connectivity index (χ3v) is 12.5. The molecule has 2 unspecified atom stereocenters. The number of quaternary nitrogens is 1. The van der Waals surface area contributed by atoms with Crippen molar-refractivity contribution in [1.82, 2.24) is 0 Å². The molecule has 0 heterocycles. The van der Waals surface area contributed by atoms with Crippen molar-refractivity contribution in [3.8, 4) is 0 Å². The molecule has 0 rings (SSSR count). The molecule has 0 aromatic rings. The monoisotopic (exact) mass is 935 g/mol. The van der Waals surface area contributed by atoms with Gasteiger partial charge in [-0.05, 0) is 77.0 Å². The molecule has 0 saturated heterocycles. The molecule has 0 aliphatic heterocycles. The number of esters is 1. The topological polar surface area (TPSA) is 91.3 Å². The van der Waals surface area contributed by atoms with Crippen LogP contribution in [-0.2, 0) is 27.9 Å². The molecular weight excluding hydrogens is 830 g/mol. The van der Waals surface area contributed by atoms with Gasteiger partial charge in [-0.2, -0.15) is 0 Å². The molecule has 0 aliphatic carbocycles. The van der Waals surface area contributed by atoms with Crippen molar-refractivity contribution in [3.63, 3.8) is 0 Å². The predicted octanol–water partition coefficient (Wildman–Crippen LogP) is 16.8. The zero-order chi connectivity index (χ0) is 47.6. The van der Waals surface area contributed by atoms with Crippen LogP contribution >= 0.6 is 7.82 Å². The minimum atomic E-state index is -4.29. The SMILES string of the molecule is CC/C=C\C/C=C\C/C=C\C/C=C\CCCCCCCCCCCCC(=O)OC(COCCCCCCCCCCCC/C=C\CCCCCCCC)COP(=O)(O)OCC[N+](C)(C)C. The average molecular weight is 935 g/mol. The maximum Gasteiger partial charge on any atom is 0.472 e. The lowest BCUT2D eigenvalue weighted by Gasteiger charge is -2.24. The van der Waals surface area contributed by atoms with E-state index in [1.807, 2.05) is 21.1 Å². The van der Waals surface area contributed by atoms with E-state index in [1.165, 1.54) is 154 Å². The molecule has 1 N–H and O–H groups in total. The highest BCUT2D eigenvalue weighted by molar-refractivity contribution is 7.47. The number of carbonyl (C=O) groups excluding carboxylic acids is 1. The Balaban J connectivity index is 4.12. The number of hydrogen-bond acceptors (Lipinski definition) is 6. The molecular formula is C56H105NO7P+. The Labute approximate surface area is 402 Å². The lowest BCUT2D eigenvalue weighted by Crippen LogP contribution is -2.37. The second-order valence-electron chi connectivity index (χ2n) is 19.2. The van der Waals surface area contributed by atoms with Gasteiger partial charge in [0, 0.05) is 13.0 Å². The average Bonchev–Trinajstić information content (AvgIpc) is 3.27. The van der Waals surface area contributed by atoms with Crippen molar-refractivity contribution in [3.05, 3.63) is 60.8 Å². The number of carbonyl (C=O) groups is 1. The van der Waals surface area contributed by atoms with Crippen LogP contribution in [0.25, 0.3) is 0 Å². The minimum Gasteiger partial charge on any atom is -0.457 e. The first-order chi connectivity index (χ1) is 31.6. The van der Waals surface area contributed by atoms with Crippen LogP contribution in [0.3, 0.4) is 0 Å². The summed E-state index contributed by atoms with van der Waals surface area (Å²) in [5, 5.41) is 0. The molecule has 0 aromatic carbocycles. The summed E-state index contributed by atoms with van der Waals surface area (Å²) in [5.74, 6) is -0.318. The van der Waals surface area contributed by atoms with Crippen LogP contribution < -0.4 is 0 Å². The third kappa shape index (κ3) is 53.0. The number of ether oxygens (including phenoxy) is 2. The fraction of sp³-hybridized carbons (Fsp3) is 0.804. The van der Waals surface area contributed by atoms with Gasteiger partial charge in [0.25, 0.3) is 0 Å². The lowest BCUT2D eigenvalue weighted by atomic mass is 10.0. The van der Waals surface area contributed by atoms with E-state index < -0.39 is 13.9 Å². The van der Waals surface area contributed by atoms with E-state index in [4.69, 9.17) is 18.5 Å². The molecule has 0 bridgehead atoms. The summed E-state index contributed by atoms with van der Waals surface area (Å²) in [4.78, 5) is 23.0. The van der Waals surface area contributed by atoms with Gasteiger partial charge in [-0.25, -0.2) is 4.57 Å². The van der Waals surface area contributed by atoms with Crippen molar-refractivity contribution < 1.29 is 37.3 Å². The smallest absolute Gasteiger partial charge is 0.457 e. The molecule has 0 aliphatic rings. The zero-order valence-electron chi connectivity index (χ0n) is 43.2. The molecule has 0 saturated carbocycles. The highest BCUT2D eigenvalue weighted by Crippen LogP contribution is 2.43. The fourth-order valence-corrected chi connectivity index (χ4v) is 8.16. The summed E-state index contributed by atoms with van der Waals surface area (Å²) < 4.78 is 35.2. The Hall–Kier alpha value is -1.80. The van der Waals surface area contributed by atoms with Crippen LogP contribution in [0.1, 0.15) is 232 Å². The van der Waals surface area contributed by atoms with Crippen LogP contribution in [0.15, 0.2) is 60.8 Å². The van der Waals surface area contributed by atoms with Crippen molar-refractivity contribution in [1.29, 1.82) is 0 Å². The number of allylic oxidation sites excluding steroid dienone is 10. The number of nitrogens with zero attached hydrogens (tertiary/aromatic N) is 1. The van der Waals surface area contributed by atoms with Gasteiger partial charge < -0.3 is 18.9 Å². The highest BCUT2D eigenvalue weighted by atomic mass is 31.2. The number of rotatable bonds is 50. The Morgan fingerprint density at radius 3 is 1.35 bits per heavy atom. The number of hydrogen-bond donors (Lipinski definition) is 1. The van der Waals surface area contributed by atoms with E-state index in [0.717, 1.165) is 57.8 Å². The van der Waals surface area contributed by atoms with E-state index in [2.05, 4.69) is 74.6 Å². The first-order valence-corrected chi connectivity index (χ1v) is 28.5. The summed E-state index contributed by atoms with van der Waals surface area (Å²) in [6.45, 7) is 5.52.